The van der Waals surface area contributed by atoms with Crippen LogP contribution >= 0.6 is 24.0 Å². The smallest absolute Gasteiger partial charge is 0.254 e. The minimum atomic E-state index is -0.984. The predicted molar refractivity (Wildman–Crippen MR) is 87.7 cm³/mol. The van der Waals surface area contributed by atoms with Crippen LogP contribution in [0.2, 0.25) is 5.02 Å². The number of nitrogens with one attached hydrogen (secondary N) is 2. The largest absolute Gasteiger partial charge is 0.366 e. The van der Waals surface area contributed by atoms with E-state index in [1.165, 1.54) is 0 Å². The lowest BCUT2D eigenvalue weighted by Crippen LogP contribution is -2.45. The number of rotatable bonds is 4. The average molecular weight is 353 g/mol. The third kappa shape index (κ3) is 5.56. The maximum atomic E-state index is 12.0. The first-order valence-electron chi connectivity index (χ1n) is 6.28. The Kier molecular flexibility index (Phi) is 7.62. The van der Waals surface area contributed by atoms with E-state index in [2.05, 4.69) is 10.6 Å². The van der Waals surface area contributed by atoms with E-state index in [0.717, 1.165) is 12.1 Å². The third-order valence-electron chi connectivity index (χ3n) is 2.89. The van der Waals surface area contributed by atoms with Crippen molar-refractivity contribution in [3.63, 3.8) is 0 Å². The van der Waals surface area contributed by atoms with Gasteiger partial charge in [0, 0.05) is 46.6 Å². The van der Waals surface area contributed by atoms with Gasteiger partial charge < -0.3 is 15.4 Å². The van der Waals surface area contributed by atoms with Crippen LogP contribution in [0.3, 0.4) is 0 Å². The lowest BCUT2D eigenvalue weighted by Gasteiger charge is -2.22. The van der Waals surface area contributed by atoms with Crippen LogP contribution in [0.1, 0.15) is 5.56 Å². The average Bonchev–Trinajstić information content (AvgIpc) is 2.43. The van der Waals surface area contributed by atoms with Crippen LogP contribution in [-0.2, 0) is 26.1 Å². The monoisotopic (exact) mass is 352 g/mol. The Hall–Kier alpha value is -0.660. The molecule has 2 N–H and O–H groups in total. The lowest BCUT2D eigenvalue weighted by molar-refractivity contribution is -0.128. The second-order valence-corrected chi connectivity index (χ2v) is 6.42. The summed E-state index contributed by atoms with van der Waals surface area (Å²) in [5.74, 6) is 0.174. The summed E-state index contributed by atoms with van der Waals surface area (Å²) in [5.41, 5.74) is 1.39. The van der Waals surface area contributed by atoms with Crippen molar-refractivity contribution in [1.82, 2.24) is 5.32 Å². The van der Waals surface area contributed by atoms with Gasteiger partial charge in [0.05, 0.1) is 6.61 Å². The number of hydrogen-bond donors (Lipinski definition) is 2. The van der Waals surface area contributed by atoms with Crippen molar-refractivity contribution < 1.29 is 13.7 Å². The Morgan fingerprint density at radius 3 is 2.95 bits per heavy atom. The molecule has 0 saturated carbocycles. The van der Waals surface area contributed by atoms with E-state index >= 15 is 0 Å². The highest BCUT2D eigenvalue weighted by Gasteiger charge is 2.21. The molecule has 2 rings (SSSR count). The highest BCUT2D eigenvalue weighted by atomic mass is 35.5. The summed E-state index contributed by atoms with van der Waals surface area (Å²) in [6, 6.07) is 5.16. The molecule has 0 radical (unpaired) electrons. The molecule has 8 heteroatoms. The SMILES string of the molecule is CS(=O)Cc1cc(NC(=O)C2CNCCO2)ccc1Cl.Cl. The number of morpholine rings is 1. The van der Waals surface area contributed by atoms with Gasteiger partial charge in [0.2, 0.25) is 0 Å². The Bertz CT molecular complexity index is 522. The van der Waals surface area contributed by atoms with Gasteiger partial charge in [-0.15, -0.1) is 12.4 Å². The maximum absolute atomic E-state index is 12.0. The molecule has 118 valence electrons. The molecular formula is C13H18Cl2N2O3S. The molecule has 1 amide bonds. The molecular weight excluding hydrogens is 335 g/mol. The standard InChI is InChI=1S/C13H17ClN2O3S.ClH/c1-20(18)8-9-6-10(2-3-11(9)14)16-13(17)12-7-15-4-5-19-12;/h2-3,6,12,15H,4-5,7-8H2,1H3,(H,16,17);1H. The number of ether oxygens (including phenoxy) is 1. The van der Waals surface area contributed by atoms with Crippen LogP contribution in [0.5, 0.6) is 0 Å². The molecule has 5 nitrogen and oxygen atoms in total. The highest BCUT2D eigenvalue weighted by molar-refractivity contribution is 7.83. The van der Waals surface area contributed by atoms with E-state index in [1.54, 1.807) is 24.5 Å². The molecule has 0 bridgehead atoms. The van der Waals surface area contributed by atoms with Gasteiger partial charge in [0.25, 0.3) is 5.91 Å². The molecule has 0 aromatic heterocycles. The van der Waals surface area contributed by atoms with Crippen LogP contribution in [-0.4, -0.2) is 42.2 Å². The Labute approximate surface area is 137 Å². The Balaban J connectivity index is 0.00000220. The van der Waals surface area contributed by atoms with Crippen LogP contribution in [0.25, 0.3) is 0 Å². The molecule has 2 unspecified atom stereocenters. The molecule has 1 heterocycles. The quantitative estimate of drug-likeness (QED) is 0.862. The minimum Gasteiger partial charge on any atom is -0.366 e. The van der Waals surface area contributed by atoms with Crippen LogP contribution in [0, 0.1) is 0 Å². The zero-order chi connectivity index (χ0) is 14.5. The normalized spacial score (nSPS) is 19.4. The van der Waals surface area contributed by atoms with E-state index in [-0.39, 0.29) is 18.3 Å². The summed E-state index contributed by atoms with van der Waals surface area (Å²) < 4.78 is 16.7. The Morgan fingerprint density at radius 1 is 1.57 bits per heavy atom. The summed E-state index contributed by atoms with van der Waals surface area (Å²) in [5, 5.41) is 6.44. The van der Waals surface area contributed by atoms with Crippen molar-refractivity contribution in [2.24, 2.45) is 0 Å². The van der Waals surface area contributed by atoms with E-state index in [0.29, 0.717) is 29.6 Å². The summed E-state index contributed by atoms with van der Waals surface area (Å²) in [4.78, 5) is 12.0. The van der Waals surface area contributed by atoms with Crippen LogP contribution in [0.15, 0.2) is 18.2 Å². The van der Waals surface area contributed by atoms with Crippen LogP contribution in [0.4, 0.5) is 5.69 Å². The third-order valence-corrected chi connectivity index (χ3v) is 3.98. The molecule has 0 spiro atoms. The highest BCUT2D eigenvalue weighted by Crippen LogP contribution is 2.22. The van der Waals surface area contributed by atoms with Crippen molar-refractivity contribution in [2.75, 3.05) is 31.3 Å². The van der Waals surface area contributed by atoms with Crippen molar-refractivity contribution in [2.45, 2.75) is 11.9 Å². The molecule has 21 heavy (non-hydrogen) atoms. The summed E-state index contributed by atoms with van der Waals surface area (Å²) in [6.45, 7) is 1.79. The first kappa shape index (κ1) is 18.4. The fourth-order valence-corrected chi connectivity index (χ4v) is 2.88. The van der Waals surface area contributed by atoms with Crippen molar-refractivity contribution in [1.29, 1.82) is 0 Å². The number of benzene rings is 1. The summed E-state index contributed by atoms with van der Waals surface area (Å²) in [6.07, 6.45) is 1.13. The molecule has 1 saturated heterocycles. The molecule has 0 aliphatic carbocycles. The molecule has 1 aliphatic heterocycles. The number of hydrogen-bond acceptors (Lipinski definition) is 4. The zero-order valence-corrected chi connectivity index (χ0v) is 13.9. The first-order chi connectivity index (χ1) is 9.56. The number of carbonyl (C=O) groups excluding carboxylic acids is 1. The first-order valence-corrected chi connectivity index (χ1v) is 8.38. The second-order valence-electron chi connectivity index (χ2n) is 4.58. The predicted octanol–water partition coefficient (Wildman–Crippen LogP) is 1.57. The van der Waals surface area contributed by atoms with Crippen molar-refractivity contribution in [3.05, 3.63) is 28.8 Å². The Morgan fingerprint density at radius 2 is 2.33 bits per heavy atom. The van der Waals surface area contributed by atoms with E-state index < -0.39 is 16.9 Å². The number of anilines is 1. The number of amides is 1. The van der Waals surface area contributed by atoms with E-state index in [9.17, 15) is 9.00 Å². The minimum absolute atomic E-state index is 0. The zero-order valence-electron chi connectivity index (χ0n) is 11.6. The molecule has 1 aliphatic rings. The topological polar surface area (TPSA) is 67.4 Å². The fourth-order valence-electron chi connectivity index (χ4n) is 1.94. The van der Waals surface area contributed by atoms with Gasteiger partial charge >= 0.3 is 0 Å². The van der Waals surface area contributed by atoms with Gasteiger partial charge in [-0.3, -0.25) is 9.00 Å². The van der Waals surface area contributed by atoms with Gasteiger partial charge in [0.1, 0.15) is 6.10 Å². The second kappa shape index (κ2) is 8.70. The van der Waals surface area contributed by atoms with Gasteiger partial charge in [0.15, 0.2) is 0 Å². The number of carbonyl (C=O) groups is 1. The van der Waals surface area contributed by atoms with Crippen molar-refractivity contribution >= 4 is 46.4 Å². The molecule has 2 atom stereocenters. The van der Waals surface area contributed by atoms with Gasteiger partial charge in [-0.1, -0.05) is 11.6 Å². The van der Waals surface area contributed by atoms with E-state index in [1.807, 2.05) is 0 Å². The lowest BCUT2D eigenvalue weighted by atomic mass is 10.2. The summed E-state index contributed by atoms with van der Waals surface area (Å²) in [7, 11) is -0.984. The molecule has 1 aromatic carbocycles. The fraction of sp³-hybridized carbons (Fsp3) is 0.462. The van der Waals surface area contributed by atoms with Gasteiger partial charge in [-0.2, -0.15) is 0 Å². The van der Waals surface area contributed by atoms with Gasteiger partial charge in [-0.05, 0) is 23.8 Å². The maximum Gasteiger partial charge on any atom is 0.254 e. The van der Waals surface area contributed by atoms with E-state index in [4.69, 9.17) is 16.3 Å². The van der Waals surface area contributed by atoms with Crippen molar-refractivity contribution in [3.8, 4) is 0 Å². The number of halogens is 2. The van der Waals surface area contributed by atoms with Crippen LogP contribution < -0.4 is 10.6 Å². The molecule has 1 aromatic rings. The van der Waals surface area contributed by atoms with Gasteiger partial charge in [-0.25, -0.2) is 0 Å². The molecule has 1 fully saturated rings. The summed E-state index contributed by atoms with van der Waals surface area (Å²) >= 11 is 6.04.